The first-order valence-corrected chi connectivity index (χ1v) is 13.7. The molecule has 0 bridgehead atoms. The molecular formula is C28H43NO11. The molecule has 0 saturated carbocycles. The van der Waals surface area contributed by atoms with Crippen molar-refractivity contribution < 1.29 is 52.3 Å². The van der Waals surface area contributed by atoms with Crippen LogP contribution in [0, 0.1) is 0 Å². The first-order valence-electron chi connectivity index (χ1n) is 13.7. The number of ether oxygens (including phenoxy) is 7. The smallest absolute Gasteiger partial charge is 0.468 e. The fourth-order valence-electron chi connectivity index (χ4n) is 3.33. The molecule has 0 radical (unpaired) electrons. The second-order valence-electron chi connectivity index (χ2n) is 8.94. The molecule has 40 heavy (non-hydrogen) atoms. The quantitative estimate of drug-likeness (QED) is 0.105. The van der Waals surface area contributed by atoms with E-state index in [0.29, 0.717) is 18.4 Å². The van der Waals surface area contributed by atoms with Gasteiger partial charge >= 0.3 is 24.4 Å². The van der Waals surface area contributed by atoms with Gasteiger partial charge in [0.1, 0.15) is 18.8 Å². The largest absolute Gasteiger partial charge is 0.513 e. The summed E-state index contributed by atoms with van der Waals surface area (Å²) in [5, 5.41) is 2.98. The standard InChI is InChI=1S/C28H43NO11/c1-6-9-15-35-27(32)39-23-13-12-21(19-24(23)40-28(33)36-16-10-7-2)18-22(25(30)34-5)29-14-17-37-26(31)38-20(4)11-8-3/h12-13,19-20,22,29H,6-11,14-18H2,1-5H3/t20?,22-/m0/s1. The lowest BCUT2D eigenvalue weighted by Gasteiger charge is -2.18. The maximum absolute atomic E-state index is 12.4. The van der Waals surface area contributed by atoms with Gasteiger partial charge in [0.2, 0.25) is 0 Å². The van der Waals surface area contributed by atoms with Crippen LogP contribution in [0.2, 0.25) is 0 Å². The number of carbonyl (C=O) groups is 4. The summed E-state index contributed by atoms with van der Waals surface area (Å²) < 4.78 is 35.7. The summed E-state index contributed by atoms with van der Waals surface area (Å²) in [6.45, 7) is 8.15. The van der Waals surface area contributed by atoms with E-state index in [2.05, 4.69) is 5.32 Å². The number of unbranched alkanes of at least 4 members (excludes halogenated alkanes) is 2. The van der Waals surface area contributed by atoms with Crippen LogP contribution in [0.1, 0.15) is 71.8 Å². The first-order chi connectivity index (χ1) is 19.2. The van der Waals surface area contributed by atoms with Gasteiger partial charge in [0.05, 0.1) is 20.3 Å². The van der Waals surface area contributed by atoms with E-state index in [1.54, 1.807) is 13.0 Å². The van der Waals surface area contributed by atoms with Gasteiger partial charge in [-0.15, -0.1) is 0 Å². The van der Waals surface area contributed by atoms with E-state index in [1.807, 2.05) is 20.8 Å². The molecule has 0 aliphatic heterocycles. The third-order valence-electron chi connectivity index (χ3n) is 5.46. The Bertz CT molecular complexity index is 922. The van der Waals surface area contributed by atoms with E-state index >= 15 is 0 Å². The number of hydrogen-bond acceptors (Lipinski definition) is 12. The summed E-state index contributed by atoms with van der Waals surface area (Å²) in [7, 11) is 1.25. The van der Waals surface area contributed by atoms with Crippen LogP contribution in [0.25, 0.3) is 0 Å². The average molecular weight is 570 g/mol. The van der Waals surface area contributed by atoms with Gasteiger partial charge in [0.25, 0.3) is 0 Å². The summed E-state index contributed by atoms with van der Waals surface area (Å²) in [5.74, 6) is -0.688. The van der Waals surface area contributed by atoms with Crippen molar-refractivity contribution in [2.45, 2.75) is 84.8 Å². The zero-order chi connectivity index (χ0) is 29.8. The molecule has 0 fully saturated rings. The zero-order valence-corrected chi connectivity index (χ0v) is 24.2. The van der Waals surface area contributed by atoms with E-state index < -0.39 is 30.5 Å². The molecule has 0 heterocycles. The van der Waals surface area contributed by atoms with E-state index in [4.69, 9.17) is 33.2 Å². The van der Waals surface area contributed by atoms with Gasteiger partial charge in [0, 0.05) is 6.54 Å². The van der Waals surface area contributed by atoms with Crippen LogP contribution in [0.5, 0.6) is 11.5 Å². The van der Waals surface area contributed by atoms with E-state index in [0.717, 1.165) is 25.7 Å². The van der Waals surface area contributed by atoms with Crippen molar-refractivity contribution in [1.29, 1.82) is 0 Å². The lowest BCUT2D eigenvalue weighted by atomic mass is 10.1. The van der Waals surface area contributed by atoms with E-state index in [1.165, 1.54) is 19.2 Å². The van der Waals surface area contributed by atoms with E-state index in [-0.39, 0.29) is 50.4 Å². The third kappa shape index (κ3) is 14.6. The molecule has 1 unspecified atom stereocenters. The van der Waals surface area contributed by atoms with Crippen molar-refractivity contribution in [3.8, 4) is 11.5 Å². The second kappa shape index (κ2) is 20.4. The number of esters is 1. The Kier molecular flexibility index (Phi) is 17.6. The molecule has 0 amide bonds. The molecule has 1 aromatic rings. The van der Waals surface area contributed by atoms with Gasteiger partial charge in [-0.3, -0.25) is 4.79 Å². The first kappa shape index (κ1) is 34.5. The fraction of sp³-hybridized carbons (Fsp3) is 0.643. The lowest BCUT2D eigenvalue weighted by molar-refractivity contribution is -0.143. The van der Waals surface area contributed by atoms with Crippen LogP contribution in [-0.2, 0) is 34.9 Å². The van der Waals surface area contributed by atoms with E-state index in [9.17, 15) is 19.2 Å². The Balaban J connectivity index is 2.90. The summed E-state index contributed by atoms with van der Waals surface area (Å²) >= 11 is 0. The Labute approximate surface area is 235 Å². The van der Waals surface area contributed by atoms with Gasteiger partial charge in [0.15, 0.2) is 11.5 Å². The molecule has 0 aliphatic carbocycles. The summed E-state index contributed by atoms with van der Waals surface area (Å²) in [6, 6.07) is 3.66. The zero-order valence-electron chi connectivity index (χ0n) is 24.2. The second-order valence-corrected chi connectivity index (χ2v) is 8.94. The molecule has 0 saturated heterocycles. The molecule has 1 rings (SSSR count). The lowest BCUT2D eigenvalue weighted by Crippen LogP contribution is -2.41. The maximum atomic E-state index is 12.4. The third-order valence-corrected chi connectivity index (χ3v) is 5.46. The Morgan fingerprint density at radius 1 is 0.800 bits per heavy atom. The molecule has 12 heteroatoms. The Morgan fingerprint density at radius 3 is 1.98 bits per heavy atom. The van der Waals surface area contributed by atoms with Crippen molar-refractivity contribution in [3.05, 3.63) is 23.8 Å². The maximum Gasteiger partial charge on any atom is 0.513 e. The Hall–Kier alpha value is -3.54. The molecule has 0 aromatic heterocycles. The molecule has 1 aromatic carbocycles. The van der Waals surface area contributed by atoms with Crippen LogP contribution in [0.4, 0.5) is 14.4 Å². The van der Waals surface area contributed by atoms with Crippen molar-refractivity contribution in [2.24, 2.45) is 0 Å². The molecule has 0 aliphatic rings. The predicted octanol–water partition coefficient (Wildman–Crippen LogP) is 5.33. The minimum absolute atomic E-state index is 0.0317. The monoisotopic (exact) mass is 569 g/mol. The molecule has 0 spiro atoms. The van der Waals surface area contributed by atoms with Gasteiger partial charge in [-0.2, -0.15) is 0 Å². The molecular weight excluding hydrogens is 526 g/mol. The Morgan fingerprint density at radius 2 is 1.40 bits per heavy atom. The average Bonchev–Trinajstić information content (AvgIpc) is 2.91. The number of carbonyl (C=O) groups excluding carboxylic acids is 4. The van der Waals surface area contributed by atoms with Crippen molar-refractivity contribution in [1.82, 2.24) is 5.32 Å². The van der Waals surface area contributed by atoms with Crippen LogP contribution in [0.3, 0.4) is 0 Å². The van der Waals surface area contributed by atoms with Crippen LogP contribution >= 0.6 is 0 Å². The normalized spacial score (nSPS) is 12.0. The summed E-state index contributed by atoms with van der Waals surface area (Å²) in [6.07, 6.45) is 1.78. The number of hydrogen-bond donors (Lipinski definition) is 1. The topological polar surface area (TPSA) is 145 Å². The minimum atomic E-state index is -0.963. The van der Waals surface area contributed by atoms with Crippen molar-refractivity contribution in [3.63, 3.8) is 0 Å². The summed E-state index contributed by atoms with van der Waals surface area (Å²) in [5.41, 5.74) is 0.555. The summed E-state index contributed by atoms with van der Waals surface area (Å²) in [4.78, 5) is 48.5. The van der Waals surface area contributed by atoms with Crippen LogP contribution in [0.15, 0.2) is 18.2 Å². The fourth-order valence-corrected chi connectivity index (χ4v) is 3.33. The molecule has 12 nitrogen and oxygen atoms in total. The predicted molar refractivity (Wildman–Crippen MR) is 145 cm³/mol. The van der Waals surface area contributed by atoms with Crippen molar-refractivity contribution in [2.75, 3.05) is 33.5 Å². The van der Waals surface area contributed by atoms with Crippen molar-refractivity contribution >= 4 is 24.4 Å². The van der Waals surface area contributed by atoms with Gasteiger partial charge in [-0.25, -0.2) is 14.4 Å². The highest BCUT2D eigenvalue weighted by atomic mass is 16.7. The van der Waals surface area contributed by atoms with Gasteiger partial charge < -0.3 is 38.5 Å². The van der Waals surface area contributed by atoms with Gasteiger partial charge in [-0.1, -0.05) is 46.1 Å². The number of rotatable bonds is 18. The van der Waals surface area contributed by atoms with Crippen LogP contribution in [-0.4, -0.2) is 70.1 Å². The van der Waals surface area contributed by atoms with Crippen LogP contribution < -0.4 is 14.8 Å². The molecule has 2 atom stereocenters. The number of benzene rings is 1. The number of nitrogens with one attached hydrogen (secondary N) is 1. The highest BCUT2D eigenvalue weighted by Crippen LogP contribution is 2.30. The minimum Gasteiger partial charge on any atom is -0.468 e. The van der Waals surface area contributed by atoms with Gasteiger partial charge in [-0.05, 0) is 50.3 Å². The molecule has 226 valence electrons. The highest BCUT2D eigenvalue weighted by Gasteiger charge is 2.22. The SMILES string of the molecule is CCCCOC(=O)Oc1ccc(C[C@H](NCCOC(=O)OC(C)CCC)C(=O)OC)cc1OC(=O)OCCCC. The molecule has 1 N–H and O–H groups in total. The number of methoxy groups -OCH3 is 1. The highest BCUT2D eigenvalue weighted by molar-refractivity contribution is 5.76.